The molecule has 1 N–H and O–H groups in total. The maximum Gasteiger partial charge on any atom is 0.329 e. The highest BCUT2D eigenvalue weighted by atomic mass is 32.1. The zero-order valence-electron chi connectivity index (χ0n) is 33.9. The average Bonchev–Trinajstić information content (AvgIpc) is 3.12. The van der Waals surface area contributed by atoms with E-state index in [9.17, 15) is 14.4 Å². The summed E-state index contributed by atoms with van der Waals surface area (Å²) >= 11 is 4.17. The Morgan fingerprint density at radius 3 is 1.10 bits per heavy atom. The maximum atomic E-state index is 12.8. The monoisotopic (exact) mass is 740 g/mol. The lowest BCUT2D eigenvalue weighted by atomic mass is 10.0. The summed E-state index contributed by atoms with van der Waals surface area (Å²) in [6.07, 6.45) is 42.0. The summed E-state index contributed by atoms with van der Waals surface area (Å²) in [6.45, 7) is 5.21. The van der Waals surface area contributed by atoms with Crippen LogP contribution in [0.15, 0.2) is 0 Å². The van der Waals surface area contributed by atoms with Crippen LogP contribution in [0.25, 0.3) is 0 Å². The van der Waals surface area contributed by atoms with Crippen molar-refractivity contribution in [3.05, 3.63) is 0 Å². The van der Waals surface area contributed by atoms with E-state index in [0.717, 1.165) is 38.5 Å². The largest absolute Gasteiger partial charge is 0.466 e. The third-order valence-electron chi connectivity index (χ3n) is 10.1. The van der Waals surface area contributed by atoms with Gasteiger partial charge in [-0.1, -0.05) is 206 Å². The zero-order chi connectivity index (χ0) is 37.3. The molecule has 0 saturated carbocycles. The molecule has 302 valence electrons. The van der Waals surface area contributed by atoms with E-state index in [1.807, 2.05) is 0 Å². The highest BCUT2D eigenvalue weighted by Gasteiger charge is 2.26. The number of hydrogen-bond acceptors (Lipinski definition) is 6. The molecule has 0 bridgehead atoms. The molecule has 0 aromatic carbocycles. The van der Waals surface area contributed by atoms with E-state index in [-0.39, 0.29) is 18.7 Å². The van der Waals surface area contributed by atoms with E-state index in [1.165, 1.54) is 167 Å². The molecule has 0 rings (SSSR count). The molecule has 1 amide bonds. The van der Waals surface area contributed by atoms with Crippen molar-refractivity contribution in [2.45, 2.75) is 245 Å². The number of rotatable bonds is 41. The fourth-order valence-corrected chi connectivity index (χ4v) is 6.84. The fourth-order valence-electron chi connectivity index (χ4n) is 6.68. The van der Waals surface area contributed by atoms with Crippen molar-refractivity contribution >= 4 is 30.5 Å². The number of carbonyl (C=O) groups excluding carboxylic acids is 3. The summed E-state index contributed by atoms with van der Waals surface area (Å²) in [5, 5.41) is 2.70. The SMILES string of the molecule is CCCCCCCCCCCCCCCCCCOC(=O)C[C@H](NC(=O)CCCS)C(=O)OCCCCCCCCCCCCCCCCCC. The van der Waals surface area contributed by atoms with Crippen LogP contribution in [0.1, 0.15) is 239 Å². The molecule has 0 aromatic heterocycles. The Labute approximate surface area is 322 Å². The molecule has 1 atom stereocenters. The Hall–Kier alpha value is -1.24. The number of thiol groups is 1. The van der Waals surface area contributed by atoms with Crippen molar-refractivity contribution in [3.63, 3.8) is 0 Å². The van der Waals surface area contributed by atoms with Crippen LogP contribution in [-0.2, 0) is 23.9 Å². The Kier molecular flexibility index (Phi) is 40.5. The Bertz CT molecular complexity index is 764. The molecule has 51 heavy (non-hydrogen) atoms. The number of esters is 2. The first-order valence-electron chi connectivity index (χ1n) is 22.3. The highest BCUT2D eigenvalue weighted by Crippen LogP contribution is 2.15. The smallest absolute Gasteiger partial charge is 0.329 e. The van der Waals surface area contributed by atoms with Gasteiger partial charge in [0.15, 0.2) is 0 Å². The van der Waals surface area contributed by atoms with Crippen LogP contribution in [0.4, 0.5) is 0 Å². The highest BCUT2D eigenvalue weighted by molar-refractivity contribution is 7.80. The molecule has 0 radical (unpaired) electrons. The Morgan fingerprint density at radius 1 is 0.451 bits per heavy atom. The molecule has 0 spiro atoms. The van der Waals surface area contributed by atoms with Gasteiger partial charge in [0.25, 0.3) is 0 Å². The first kappa shape index (κ1) is 49.8. The van der Waals surface area contributed by atoms with Gasteiger partial charge in [0, 0.05) is 6.42 Å². The number of carbonyl (C=O) groups is 3. The van der Waals surface area contributed by atoms with Gasteiger partial charge in [-0.25, -0.2) is 4.79 Å². The molecule has 7 heteroatoms. The van der Waals surface area contributed by atoms with E-state index in [0.29, 0.717) is 25.4 Å². The van der Waals surface area contributed by atoms with E-state index < -0.39 is 18.0 Å². The minimum atomic E-state index is -1.00. The average molecular weight is 740 g/mol. The molecule has 0 heterocycles. The molecule has 6 nitrogen and oxygen atoms in total. The van der Waals surface area contributed by atoms with Gasteiger partial charge in [-0.15, -0.1) is 0 Å². The summed E-state index contributed by atoms with van der Waals surface area (Å²) in [7, 11) is 0. The summed E-state index contributed by atoms with van der Waals surface area (Å²) in [5.74, 6) is -0.688. The normalized spacial score (nSPS) is 11.8. The summed E-state index contributed by atoms with van der Waals surface area (Å²) < 4.78 is 10.9. The van der Waals surface area contributed by atoms with Gasteiger partial charge in [-0.05, 0) is 25.0 Å². The summed E-state index contributed by atoms with van der Waals surface area (Å²) in [5.41, 5.74) is 0. The van der Waals surface area contributed by atoms with Crippen LogP contribution in [0.3, 0.4) is 0 Å². The van der Waals surface area contributed by atoms with Gasteiger partial charge in [0.2, 0.25) is 5.91 Å². The van der Waals surface area contributed by atoms with Crippen molar-refractivity contribution in [1.29, 1.82) is 0 Å². The topological polar surface area (TPSA) is 81.7 Å². The van der Waals surface area contributed by atoms with E-state index in [1.54, 1.807) is 0 Å². The number of hydrogen-bond donors (Lipinski definition) is 2. The summed E-state index contributed by atoms with van der Waals surface area (Å²) in [6, 6.07) is -1.00. The molecular weight excluding hydrogens is 655 g/mol. The maximum absolute atomic E-state index is 12.8. The zero-order valence-corrected chi connectivity index (χ0v) is 34.8. The van der Waals surface area contributed by atoms with Gasteiger partial charge in [0.1, 0.15) is 6.04 Å². The minimum Gasteiger partial charge on any atom is -0.466 e. The number of amides is 1. The predicted octanol–water partition coefficient (Wildman–Crippen LogP) is 13.2. The molecule has 0 aliphatic rings. The summed E-state index contributed by atoms with van der Waals surface area (Å²) in [4.78, 5) is 37.7. The second-order valence-electron chi connectivity index (χ2n) is 15.1. The third-order valence-corrected chi connectivity index (χ3v) is 10.4. The Balaban J connectivity index is 3.93. The molecular formula is C44H85NO5S. The lowest BCUT2D eigenvalue weighted by Gasteiger charge is -2.17. The van der Waals surface area contributed by atoms with Crippen LogP contribution in [0.2, 0.25) is 0 Å². The van der Waals surface area contributed by atoms with Crippen LogP contribution in [0.5, 0.6) is 0 Å². The van der Waals surface area contributed by atoms with Crippen molar-refractivity contribution in [3.8, 4) is 0 Å². The Morgan fingerprint density at radius 2 is 0.765 bits per heavy atom. The number of unbranched alkanes of at least 4 members (excludes halogenated alkanes) is 30. The number of nitrogens with one attached hydrogen (secondary N) is 1. The van der Waals surface area contributed by atoms with Crippen LogP contribution in [-0.4, -0.2) is 42.9 Å². The van der Waals surface area contributed by atoms with Crippen molar-refractivity contribution < 1.29 is 23.9 Å². The van der Waals surface area contributed by atoms with Gasteiger partial charge >= 0.3 is 11.9 Å². The standard InChI is InChI=1S/C44H85NO5S/c1-3-5-7-9-11-13-15-17-19-21-23-25-27-29-31-33-37-49-43(47)40-41(45-42(46)36-35-39-51)44(48)50-38-34-32-30-28-26-24-22-20-18-16-14-12-10-8-6-4-2/h41,51H,3-40H2,1-2H3,(H,45,46)/t41-/m0/s1. The van der Waals surface area contributed by atoms with E-state index in [2.05, 4.69) is 31.8 Å². The van der Waals surface area contributed by atoms with Gasteiger partial charge in [-0.3, -0.25) is 9.59 Å². The van der Waals surface area contributed by atoms with E-state index in [4.69, 9.17) is 9.47 Å². The third kappa shape index (κ3) is 38.3. The van der Waals surface area contributed by atoms with Crippen molar-refractivity contribution in [2.75, 3.05) is 19.0 Å². The lowest BCUT2D eigenvalue weighted by molar-refractivity contribution is -0.154. The van der Waals surface area contributed by atoms with Crippen LogP contribution >= 0.6 is 12.6 Å². The van der Waals surface area contributed by atoms with E-state index >= 15 is 0 Å². The van der Waals surface area contributed by atoms with Crippen LogP contribution < -0.4 is 5.32 Å². The van der Waals surface area contributed by atoms with Gasteiger partial charge in [-0.2, -0.15) is 12.6 Å². The molecule has 0 fully saturated rings. The minimum absolute atomic E-state index is 0.191. The number of ether oxygens (including phenoxy) is 2. The van der Waals surface area contributed by atoms with Gasteiger partial charge < -0.3 is 14.8 Å². The van der Waals surface area contributed by atoms with Crippen molar-refractivity contribution in [1.82, 2.24) is 5.32 Å². The van der Waals surface area contributed by atoms with Crippen molar-refractivity contribution in [2.24, 2.45) is 0 Å². The second kappa shape index (κ2) is 41.5. The molecule has 0 aromatic rings. The first-order chi connectivity index (χ1) is 25.0. The first-order valence-corrected chi connectivity index (χ1v) is 22.9. The molecule has 0 aliphatic carbocycles. The fraction of sp³-hybridized carbons (Fsp3) is 0.932. The molecule has 0 saturated heterocycles. The lowest BCUT2D eigenvalue weighted by Crippen LogP contribution is -2.43. The predicted molar refractivity (Wildman–Crippen MR) is 221 cm³/mol. The molecule has 0 unspecified atom stereocenters. The second-order valence-corrected chi connectivity index (χ2v) is 15.6. The quantitative estimate of drug-likeness (QED) is 0.0371. The molecule has 0 aliphatic heterocycles. The van der Waals surface area contributed by atoms with Crippen LogP contribution in [0, 0.1) is 0 Å². The van der Waals surface area contributed by atoms with Gasteiger partial charge in [0.05, 0.1) is 19.6 Å².